The minimum Gasteiger partial charge on any atom is -0.497 e. The van der Waals surface area contributed by atoms with E-state index in [1.165, 1.54) is 32.7 Å². The van der Waals surface area contributed by atoms with E-state index in [1.54, 1.807) is 14.2 Å². The standard InChI is InChI=1S/C21H28N2O3.C20H26N2O3/c1-16(23-10-12-26-13-11-23)14-21(24)22-9-8-18-5-3-4-17-6-7-19(25-2)15-20(17)18;1-24-18-6-5-16-3-2-4-17(19(16)15-18)7-9-21-20(23)8-10-22-11-13-25-14-12-22/h3-7,15-16H,8-14H2,1-2H3,(H,22,24);2-6,15H,7-14H2,1H3,(H,21,23). The fourth-order valence-corrected chi connectivity index (χ4v) is 6.66. The smallest absolute Gasteiger partial charge is 0.221 e. The van der Waals surface area contributed by atoms with Crippen LogP contribution in [0.1, 0.15) is 30.9 Å². The van der Waals surface area contributed by atoms with Gasteiger partial charge in [0.1, 0.15) is 11.5 Å². The predicted molar refractivity (Wildman–Crippen MR) is 203 cm³/mol. The van der Waals surface area contributed by atoms with Gasteiger partial charge >= 0.3 is 0 Å². The molecule has 10 heteroatoms. The van der Waals surface area contributed by atoms with Gasteiger partial charge in [0.15, 0.2) is 0 Å². The molecule has 2 heterocycles. The number of nitrogens with zero attached hydrogens (tertiary/aromatic N) is 2. The molecule has 0 aromatic heterocycles. The number of nitrogens with one attached hydrogen (secondary N) is 2. The molecular weight excluding hydrogens is 644 g/mol. The van der Waals surface area contributed by atoms with Crippen molar-refractivity contribution in [1.82, 2.24) is 20.4 Å². The van der Waals surface area contributed by atoms with Crippen LogP contribution in [-0.2, 0) is 31.9 Å². The monoisotopic (exact) mass is 698 g/mol. The largest absolute Gasteiger partial charge is 0.497 e. The van der Waals surface area contributed by atoms with Crippen LogP contribution in [0.2, 0.25) is 0 Å². The van der Waals surface area contributed by atoms with E-state index in [-0.39, 0.29) is 17.9 Å². The number of hydrogen-bond donors (Lipinski definition) is 2. The first-order valence-electron chi connectivity index (χ1n) is 18.2. The number of benzene rings is 4. The topological polar surface area (TPSA) is 102 Å². The van der Waals surface area contributed by atoms with Gasteiger partial charge in [0.05, 0.1) is 40.6 Å². The van der Waals surface area contributed by atoms with Gasteiger partial charge in [0.2, 0.25) is 11.8 Å². The number of amides is 2. The Morgan fingerprint density at radius 2 is 1.22 bits per heavy atom. The van der Waals surface area contributed by atoms with Crippen molar-refractivity contribution in [1.29, 1.82) is 0 Å². The van der Waals surface area contributed by atoms with Gasteiger partial charge in [-0.25, -0.2) is 0 Å². The molecule has 0 aliphatic carbocycles. The van der Waals surface area contributed by atoms with Crippen molar-refractivity contribution in [2.45, 2.75) is 38.6 Å². The Balaban J connectivity index is 0.000000198. The highest BCUT2D eigenvalue weighted by Crippen LogP contribution is 2.25. The second-order valence-corrected chi connectivity index (χ2v) is 13.1. The summed E-state index contributed by atoms with van der Waals surface area (Å²) in [5.41, 5.74) is 2.45. The highest BCUT2D eigenvalue weighted by molar-refractivity contribution is 5.88. The second-order valence-electron chi connectivity index (χ2n) is 13.1. The highest BCUT2D eigenvalue weighted by Gasteiger charge is 2.19. The van der Waals surface area contributed by atoms with Crippen LogP contribution in [0.3, 0.4) is 0 Å². The third kappa shape index (κ3) is 11.7. The molecule has 1 unspecified atom stereocenters. The van der Waals surface area contributed by atoms with Crippen LogP contribution in [0.15, 0.2) is 72.8 Å². The number of methoxy groups -OCH3 is 2. The van der Waals surface area contributed by atoms with Crippen molar-refractivity contribution in [3.05, 3.63) is 83.9 Å². The molecule has 0 saturated carbocycles. The molecule has 1 atom stereocenters. The van der Waals surface area contributed by atoms with E-state index in [2.05, 4.69) is 88.0 Å². The molecule has 2 N–H and O–H groups in total. The molecule has 2 fully saturated rings. The Morgan fingerprint density at radius 3 is 1.75 bits per heavy atom. The number of morpholine rings is 2. The normalized spacial score (nSPS) is 15.8. The van der Waals surface area contributed by atoms with Crippen LogP contribution in [0.25, 0.3) is 21.5 Å². The van der Waals surface area contributed by atoms with E-state index < -0.39 is 0 Å². The van der Waals surface area contributed by atoms with Crippen LogP contribution in [0.5, 0.6) is 11.5 Å². The number of hydrogen-bond acceptors (Lipinski definition) is 8. The van der Waals surface area contributed by atoms with Gasteiger partial charge in [-0.1, -0.05) is 48.5 Å². The van der Waals surface area contributed by atoms with Crippen molar-refractivity contribution in [2.24, 2.45) is 0 Å². The first-order chi connectivity index (χ1) is 24.9. The average molecular weight is 699 g/mol. The molecule has 6 rings (SSSR count). The fourth-order valence-electron chi connectivity index (χ4n) is 6.66. The van der Waals surface area contributed by atoms with E-state index in [0.29, 0.717) is 25.9 Å². The van der Waals surface area contributed by atoms with Crippen molar-refractivity contribution in [3.63, 3.8) is 0 Å². The lowest BCUT2D eigenvalue weighted by molar-refractivity contribution is -0.123. The molecular formula is C41H54N4O6. The van der Waals surface area contributed by atoms with Gasteiger partial charge in [0, 0.05) is 64.7 Å². The summed E-state index contributed by atoms with van der Waals surface area (Å²) in [6.45, 7) is 10.9. The second kappa shape index (κ2) is 20.0. The molecule has 51 heavy (non-hydrogen) atoms. The van der Waals surface area contributed by atoms with Crippen molar-refractivity contribution in [3.8, 4) is 11.5 Å². The van der Waals surface area contributed by atoms with Crippen molar-refractivity contribution in [2.75, 3.05) is 86.5 Å². The lowest BCUT2D eigenvalue weighted by atomic mass is 10.0. The maximum absolute atomic E-state index is 12.3. The van der Waals surface area contributed by atoms with E-state index in [1.807, 2.05) is 12.1 Å². The van der Waals surface area contributed by atoms with E-state index in [9.17, 15) is 9.59 Å². The summed E-state index contributed by atoms with van der Waals surface area (Å²) in [5.74, 6) is 1.94. The van der Waals surface area contributed by atoms with Gasteiger partial charge in [0.25, 0.3) is 0 Å². The van der Waals surface area contributed by atoms with Crippen LogP contribution < -0.4 is 20.1 Å². The first-order valence-corrected chi connectivity index (χ1v) is 18.2. The molecule has 2 aliphatic rings. The molecule has 0 bridgehead atoms. The Labute approximate surface area is 302 Å². The van der Waals surface area contributed by atoms with Crippen LogP contribution in [0.4, 0.5) is 0 Å². The molecule has 2 saturated heterocycles. The van der Waals surface area contributed by atoms with Crippen molar-refractivity contribution >= 4 is 33.4 Å². The van der Waals surface area contributed by atoms with Gasteiger partial charge in [-0.15, -0.1) is 0 Å². The molecule has 4 aromatic rings. The Hall–Kier alpha value is -4.22. The van der Waals surface area contributed by atoms with Gasteiger partial charge in [-0.2, -0.15) is 0 Å². The number of ether oxygens (including phenoxy) is 4. The maximum Gasteiger partial charge on any atom is 0.221 e. The Bertz CT molecular complexity index is 1700. The predicted octanol–water partition coefficient (Wildman–Crippen LogP) is 4.85. The molecule has 0 radical (unpaired) electrons. The third-order valence-corrected chi connectivity index (χ3v) is 9.70. The zero-order chi connectivity index (χ0) is 35.8. The SMILES string of the molecule is COc1ccc2cccc(CCNC(=O)CC(C)N3CCOCC3)c2c1.COc1ccc2cccc(CCNC(=O)CCN3CCOCC3)c2c1. The lowest BCUT2D eigenvalue weighted by Crippen LogP contribution is -2.44. The minimum atomic E-state index is 0.113. The summed E-state index contributed by atoms with van der Waals surface area (Å²) in [4.78, 5) is 28.9. The summed E-state index contributed by atoms with van der Waals surface area (Å²) in [6, 6.07) is 25.0. The van der Waals surface area contributed by atoms with E-state index in [0.717, 1.165) is 83.5 Å². The third-order valence-electron chi connectivity index (χ3n) is 9.70. The molecule has 4 aromatic carbocycles. The van der Waals surface area contributed by atoms with Crippen LogP contribution >= 0.6 is 0 Å². The van der Waals surface area contributed by atoms with Gasteiger partial charge in [-0.05, 0) is 76.7 Å². The summed E-state index contributed by atoms with van der Waals surface area (Å²) in [5, 5.41) is 10.9. The summed E-state index contributed by atoms with van der Waals surface area (Å²) in [7, 11) is 3.36. The Kier molecular flexibility index (Phi) is 14.9. The summed E-state index contributed by atoms with van der Waals surface area (Å²) >= 11 is 0. The van der Waals surface area contributed by atoms with E-state index in [4.69, 9.17) is 18.9 Å². The highest BCUT2D eigenvalue weighted by atomic mass is 16.5. The van der Waals surface area contributed by atoms with Crippen LogP contribution in [-0.4, -0.2) is 114 Å². The molecule has 10 nitrogen and oxygen atoms in total. The number of rotatable bonds is 14. The summed E-state index contributed by atoms with van der Waals surface area (Å²) < 4.78 is 21.4. The zero-order valence-corrected chi connectivity index (χ0v) is 30.5. The quantitative estimate of drug-likeness (QED) is 0.193. The molecule has 2 amide bonds. The molecule has 0 spiro atoms. The molecule has 2 aliphatic heterocycles. The average Bonchev–Trinajstić information content (AvgIpc) is 3.18. The maximum atomic E-state index is 12.3. The van der Waals surface area contributed by atoms with Crippen LogP contribution in [0, 0.1) is 0 Å². The number of carbonyl (C=O) groups excluding carboxylic acids is 2. The number of fused-ring (bicyclic) bond motifs is 2. The zero-order valence-electron chi connectivity index (χ0n) is 30.5. The number of carbonyl (C=O) groups is 2. The Morgan fingerprint density at radius 1 is 0.706 bits per heavy atom. The van der Waals surface area contributed by atoms with Gasteiger partial charge in [-0.3, -0.25) is 19.4 Å². The lowest BCUT2D eigenvalue weighted by Gasteiger charge is -2.31. The minimum absolute atomic E-state index is 0.113. The van der Waals surface area contributed by atoms with Crippen molar-refractivity contribution < 1.29 is 28.5 Å². The fraction of sp³-hybridized carbons (Fsp3) is 0.463. The van der Waals surface area contributed by atoms with Gasteiger partial charge < -0.3 is 29.6 Å². The van der Waals surface area contributed by atoms with E-state index >= 15 is 0 Å². The summed E-state index contributed by atoms with van der Waals surface area (Å²) in [6.07, 6.45) is 2.70. The first kappa shape index (κ1) is 38.0. The molecule has 274 valence electrons.